The molecule has 2 aliphatic rings. The molecule has 0 spiro atoms. The van der Waals surface area contributed by atoms with E-state index in [0.717, 1.165) is 50.8 Å². The second-order valence-corrected chi connectivity index (χ2v) is 9.97. The molecule has 0 amide bonds. The Morgan fingerprint density at radius 1 is 1.14 bits per heavy atom. The number of imidazole rings is 1. The van der Waals surface area contributed by atoms with Crippen LogP contribution in [0.4, 0.5) is 30.8 Å². The van der Waals surface area contributed by atoms with E-state index in [0.29, 0.717) is 48.7 Å². The van der Waals surface area contributed by atoms with Crippen molar-refractivity contribution < 1.29 is 17.9 Å². The highest BCUT2D eigenvalue weighted by molar-refractivity contribution is 5.76. The summed E-state index contributed by atoms with van der Waals surface area (Å²) in [7, 11) is 0. The topological polar surface area (TPSA) is 116 Å². The Bertz CT molecular complexity index is 1200. The molecule has 194 valence electrons. The molecule has 12 heteroatoms. The first-order valence-electron chi connectivity index (χ1n) is 12.4. The van der Waals surface area contributed by atoms with Crippen LogP contribution in [0.5, 0.6) is 0 Å². The third-order valence-corrected chi connectivity index (χ3v) is 7.26. The van der Waals surface area contributed by atoms with Gasteiger partial charge in [0.15, 0.2) is 5.65 Å². The molecule has 4 heterocycles. The van der Waals surface area contributed by atoms with Crippen molar-refractivity contribution in [2.75, 3.05) is 30.4 Å². The van der Waals surface area contributed by atoms with E-state index in [1.54, 1.807) is 6.20 Å². The fraction of sp³-hybridized carbons (Fsp3) is 0.583. The molecule has 3 aromatic heterocycles. The molecule has 1 aliphatic heterocycles. The minimum absolute atomic E-state index is 0.0886. The van der Waals surface area contributed by atoms with Gasteiger partial charge in [-0.1, -0.05) is 0 Å². The number of nitrogens with zero attached hydrogens (tertiary/aromatic N) is 5. The summed E-state index contributed by atoms with van der Waals surface area (Å²) in [5, 5.41) is 6.55. The number of alkyl halides is 3. The maximum absolute atomic E-state index is 13.2. The van der Waals surface area contributed by atoms with Crippen LogP contribution in [0.15, 0.2) is 24.5 Å². The molecular weight excluding hydrogens is 473 g/mol. The predicted molar refractivity (Wildman–Crippen MR) is 130 cm³/mol. The lowest BCUT2D eigenvalue weighted by Crippen LogP contribution is -2.41. The molecule has 0 unspecified atom stereocenters. The third-order valence-electron chi connectivity index (χ3n) is 7.26. The molecule has 0 atom stereocenters. The quantitative estimate of drug-likeness (QED) is 0.444. The van der Waals surface area contributed by atoms with Crippen molar-refractivity contribution in [2.24, 2.45) is 11.7 Å². The second kappa shape index (κ2) is 9.81. The van der Waals surface area contributed by atoms with Crippen molar-refractivity contribution >= 4 is 28.7 Å². The molecule has 0 aromatic carbocycles. The van der Waals surface area contributed by atoms with Gasteiger partial charge in [0.1, 0.15) is 11.2 Å². The van der Waals surface area contributed by atoms with Crippen molar-refractivity contribution in [1.29, 1.82) is 0 Å². The SMILES string of the molecule is CC1(Nc2ncc3nc(Nc4ccnc(C(F)(F)F)c4)n([C@H]4CC[C@@H](CN)CC4)c3n2)CCOCC1. The van der Waals surface area contributed by atoms with Crippen molar-refractivity contribution in [1.82, 2.24) is 24.5 Å². The standard InChI is InChI=1S/C24H31F3N8O/c1-23(7-10-36-11-8-23)34-21-30-14-18-20(33-21)35(17-4-2-15(13-28)3-5-17)22(32-18)31-16-6-9-29-19(12-16)24(25,26)27/h6,9,12,14-15,17H,2-5,7-8,10-11,13,28H2,1H3,(H,29,31,32)(H,30,33,34)/t15-,17+. The average Bonchev–Trinajstić information content (AvgIpc) is 3.21. The largest absolute Gasteiger partial charge is 0.433 e. The number of pyridine rings is 1. The van der Waals surface area contributed by atoms with Gasteiger partial charge in [-0.2, -0.15) is 18.2 Å². The Balaban J connectivity index is 1.51. The molecule has 4 N–H and O–H groups in total. The summed E-state index contributed by atoms with van der Waals surface area (Å²) in [5.41, 5.74) is 6.23. The van der Waals surface area contributed by atoms with Gasteiger partial charge in [0, 0.05) is 36.7 Å². The molecule has 36 heavy (non-hydrogen) atoms. The predicted octanol–water partition coefficient (Wildman–Crippen LogP) is 4.65. The van der Waals surface area contributed by atoms with Crippen molar-refractivity contribution in [2.45, 2.75) is 63.2 Å². The number of fused-ring (bicyclic) bond motifs is 1. The Kier molecular flexibility index (Phi) is 6.73. The molecule has 9 nitrogen and oxygen atoms in total. The van der Waals surface area contributed by atoms with Crippen molar-refractivity contribution in [3.05, 3.63) is 30.2 Å². The summed E-state index contributed by atoms with van der Waals surface area (Å²) in [6, 6.07) is 2.57. The van der Waals surface area contributed by atoms with Crippen LogP contribution >= 0.6 is 0 Å². The van der Waals surface area contributed by atoms with E-state index in [4.69, 9.17) is 15.5 Å². The summed E-state index contributed by atoms with van der Waals surface area (Å²) >= 11 is 0. The summed E-state index contributed by atoms with van der Waals surface area (Å²) in [6.45, 7) is 4.13. The summed E-state index contributed by atoms with van der Waals surface area (Å²) in [4.78, 5) is 17.4. The number of nitrogens with one attached hydrogen (secondary N) is 2. The summed E-state index contributed by atoms with van der Waals surface area (Å²) < 4.78 is 47.2. The summed E-state index contributed by atoms with van der Waals surface area (Å²) in [6.07, 6.45) is 3.66. The molecular formula is C24H31F3N8O. The zero-order valence-corrected chi connectivity index (χ0v) is 20.2. The highest BCUT2D eigenvalue weighted by atomic mass is 19.4. The van der Waals surface area contributed by atoms with Crippen molar-refractivity contribution in [3.8, 4) is 0 Å². The van der Waals surface area contributed by atoms with Gasteiger partial charge in [-0.3, -0.25) is 9.55 Å². The van der Waals surface area contributed by atoms with E-state index < -0.39 is 11.9 Å². The van der Waals surface area contributed by atoms with Gasteiger partial charge >= 0.3 is 6.18 Å². The molecule has 1 saturated carbocycles. The molecule has 0 radical (unpaired) electrons. The first kappa shape index (κ1) is 24.7. The molecule has 0 bridgehead atoms. The van der Waals surface area contributed by atoms with Crippen LogP contribution in [0.2, 0.25) is 0 Å². The second-order valence-electron chi connectivity index (χ2n) is 9.97. The summed E-state index contributed by atoms with van der Waals surface area (Å²) in [5.74, 6) is 1.41. The minimum Gasteiger partial charge on any atom is -0.381 e. The van der Waals surface area contributed by atoms with Gasteiger partial charge < -0.3 is 21.1 Å². The average molecular weight is 505 g/mol. The minimum atomic E-state index is -4.54. The van der Waals surface area contributed by atoms with E-state index in [1.807, 2.05) is 4.57 Å². The number of hydrogen-bond acceptors (Lipinski definition) is 8. The van der Waals surface area contributed by atoms with Crippen LogP contribution in [-0.2, 0) is 10.9 Å². The number of aromatic nitrogens is 5. The molecule has 1 saturated heterocycles. The van der Waals surface area contributed by atoms with Crippen LogP contribution in [0.3, 0.4) is 0 Å². The van der Waals surface area contributed by atoms with E-state index in [9.17, 15) is 13.2 Å². The lowest BCUT2D eigenvalue weighted by molar-refractivity contribution is -0.141. The van der Waals surface area contributed by atoms with E-state index in [-0.39, 0.29) is 17.3 Å². The van der Waals surface area contributed by atoms with Gasteiger partial charge in [0.05, 0.1) is 6.20 Å². The van der Waals surface area contributed by atoms with Gasteiger partial charge in [-0.15, -0.1) is 0 Å². The first-order chi connectivity index (χ1) is 17.2. The Labute approximate surface area is 207 Å². The number of halogens is 3. The molecule has 3 aromatic rings. The van der Waals surface area contributed by atoms with Crippen LogP contribution in [0, 0.1) is 5.92 Å². The van der Waals surface area contributed by atoms with E-state index >= 15 is 0 Å². The number of rotatable bonds is 6. The fourth-order valence-electron chi connectivity index (χ4n) is 5.03. The normalized spacial score (nSPS) is 22.5. The van der Waals surface area contributed by atoms with E-state index in [2.05, 4.69) is 32.5 Å². The zero-order valence-electron chi connectivity index (χ0n) is 20.2. The highest BCUT2D eigenvalue weighted by Crippen LogP contribution is 2.37. The van der Waals surface area contributed by atoms with Crippen LogP contribution in [0.25, 0.3) is 11.2 Å². The number of nitrogens with two attached hydrogens (primary N) is 1. The first-order valence-corrected chi connectivity index (χ1v) is 12.4. The molecule has 1 aliphatic carbocycles. The Morgan fingerprint density at radius 2 is 1.89 bits per heavy atom. The van der Waals surface area contributed by atoms with Crippen LogP contribution in [-0.4, -0.2) is 49.8 Å². The number of anilines is 3. The monoisotopic (exact) mass is 504 g/mol. The number of hydrogen-bond donors (Lipinski definition) is 3. The smallest absolute Gasteiger partial charge is 0.381 e. The Morgan fingerprint density at radius 3 is 2.58 bits per heavy atom. The number of ether oxygens (including phenoxy) is 1. The zero-order chi connectivity index (χ0) is 25.3. The van der Waals surface area contributed by atoms with E-state index in [1.165, 1.54) is 6.07 Å². The molecule has 5 rings (SSSR count). The van der Waals surface area contributed by atoms with Crippen molar-refractivity contribution in [3.63, 3.8) is 0 Å². The van der Waals surface area contributed by atoms with Crippen LogP contribution in [0.1, 0.15) is 57.2 Å². The van der Waals surface area contributed by atoms with Gasteiger partial charge in [0.2, 0.25) is 11.9 Å². The maximum Gasteiger partial charge on any atom is 0.433 e. The Hall–Kier alpha value is -2.99. The fourth-order valence-corrected chi connectivity index (χ4v) is 5.03. The van der Waals surface area contributed by atoms with Crippen LogP contribution < -0.4 is 16.4 Å². The van der Waals surface area contributed by atoms with Gasteiger partial charge in [-0.05, 0) is 70.0 Å². The maximum atomic E-state index is 13.2. The lowest BCUT2D eigenvalue weighted by atomic mass is 9.86. The van der Waals surface area contributed by atoms with Gasteiger partial charge in [0.25, 0.3) is 0 Å². The lowest BCUT2D eigenvalue weighted by Gasteiger charge is -2.34. The highest BCUT2D eigenvalue weighted by Gasteiger charge is 2.33. The molecule has 2 fully saturated rings. The van der Waals surface area contributed by atoms with Gasteiger partial charge in [-0.25, -0.2) is 9.97 Å². The third kappa shape index (κ3) is 5.24.